The van der Waals surface area contributed by atoms with Gasteiger partial charge in [-0.3, -0.25) is 4.79 Å². The molecule has 0 spiro atoms. The largest absolute Gasteiger partial charge is 0.481 e. The van der Waals surface area contributed by atoms with Crippen molar-refractivity contribution in [3.8, 4) is 0 Å². The van der Waals surface area contributed by atoms with Gasteiger partial charge in [0.15, 0.2) is 0 Å². The third-order valence-corrected chi connectivity index (χ3v) is 3.81. The zero-order valence-corrected chi connectivity index (χ0v) is 14.6. The van der Waals surface area contributed by atoms with E-state index in [2.05, 4.69) is 31.2 Å². The minimum absolute atomic E-state index is 0.315. The predicted molar refractivity (Wildman–Crippen MR) is 96.2 cm³/mol. The van der Waals surface area contributed by atoms with Gasteiger partial charge in [-0.15, -0.1) is 0 Å². The second kappa shape index (κ2) is 18.0. The number of allylic oxidation sites excluding steroid dienone is 4. The zero-order chi connectivity index (χ0) is 16.3. The van der Waals surface area contributed by atoms with Crippen molar-refractivity contribution < 1.29 is 9.90 Å². The van der Waals surface area contributed by atoms with E-state index in [-0.39, 0.29) is 0 Å². The first-order valence-electron chi connectivity index (χ1n) is 9.29. The second-order valence-electron chi connectivity index (χ2n) is 6.07. The fraction of sp³-hybridized carbons (Fsp3) is 0.750. The lowest BCUT2D eigenvalue weighted by atomic mass is 10.1. The first-order chi connectivity index (χ1) is 10.8. The molecule has 0 unspecified atom stereocenters. The Hall–Kier alpha value is -1.05. The molecule has 0 atom stereocenters. The van der Waals surface area contributed by atoms with E-state index in [1.807, 2.05) is 0 Å². The van der Waals surface area contributed by atoms with Gasteiger partial charge >= 0.3 is 5.97 Å². The van der Waals surface area contributed by atoms with E-state index >= 15 is 0 Å². The van der Waals surface area contributed by atoms with Crippen LogP contribution in [0.5, 0.6) is 0 Å². The summed E-state index contributed by atoms with van der Waals surface area (Å²) in [6.45, 7) is 2.25. The van der Waals surface area contributed by atoms with Gasteiger partial charge in [-0.1, -0.05) is 56.9 Å². The van der Waals surface area contributed by atoms with Crippen LogP contribution >= 0.6 is 0 Å². The number of carboxylic acids is 1. The van der Waals surface area contributed by atoms with Crippen LogP contribution in [0.3, 0.4) is 0 Å². The van der Waals surface area contributed by atoms with Gasteiger partial charge in [0, 0.05) is 6.42 Å². The molecule has 0 heterocycles. The second-order valence-corrected chi connectivity index (χ2v) is 6.07. The zero-order valence-electron chi connectivity index (χ0n) is 14.6. The van der Waals surface area contributed by atoms with Crippen LogP contribution < -0.4 is 0 Å². The summed E-state index contributed by atoms with van der Waals surface area (Å²) in [5.74, 6) is -0.675. The van der Waals surface area contributed by atoms with E-state index in [1.165, 1.54) is 57.8 Å². The number of aliphatic carboxylic acids is 1. The van der Waals surface area contributed by atoms with Crippen LogP contribution in [0.25, 0.3) is 0 Å². The molecular weight excluding hydrogens is 272 g/mol. The normalized spacial score (nSPS) is 11.7. The number of carbonyl (C=O) groups is 1. The highest BCUT2D eigenvalue weighted by Crippen LogP contribution is 2.07. The van der Waals surface area contributed by atoms with Gasteiger partial charge in [0.2, 0.25) is 0 Å². The highest BCUT2D eigenvalue weighted by Gasteiger charge is 1.94. The first kappa shape index (κ1) is 20.9. The number of carboxylic acid groups (broad SMARTS) is 1. The van der Waals surface area contributed by atoms with Gasteiger partial charge in [-0.25, -0.2) is 0 Å². The molecule has 0 aromatic rings. The fourth-order valence-electron chi connectivity index (χ4n) is 2.40. The molecule has 0 radical (unpaired) electrons. The topological polar surface area (TPSA) is 37.3 Å². The molecule has 0 rings (SSSR count). The average Bonchev–Trinajstić information content (AvgIpc) is 2.50. The predicted octanol–water partition coefficient (Wildman–Crippen LogP) is 6.66. The van der Waals surface area contributed by atoms with Crippen LogP contribution in [0.15, 0.2) is 24.3 Å². The van der Waals surface area contributed by atoms with E-state index in [0.717, 1.165) is 25.7 Å². The summed E-state index contributed by atoms with van der Waals surface area (Å²) in [4.78, 5) is 10.3. The van der Waals surface area contributed by atoms with E-state index < -0.39 is 5.97 Å². The standard InChI is InChI=1S/C20H36O2/c1-2-3-4-5-6-7-8-9-10-11-12-13-14-15-16-17-18-19-20(21)22/h7-8,13-14H,2-6,9-12,15-19H2,1H3,(H,21,22)/b8-7+,14-13+. The number of hydrogen-bond acceptors (Lipinski definition) is 1. The van der Waals surface area contributed by atoms with Crippen molar-refractivity contribution in [1.82, 2.24) is 0 Å². The maximum absolute atomic E-state index is 10.3. The summed E-state index contributed by atoms with van der Waals surface area (Å²) in [5, 5.41) is 8.52. The molecule has 0 aliphatic rings. The van der Waals surface area contributed by atoms with Gasteiger partial charge in [0.1, 0.15) is 0 Å². The molecule has 0 aliphatic heterocycles. The Morgan fingerprint density at radius 3 is 1.50 bits per heavy atom. The average molecular weight is 309 g/mol. The summed E-state index contributed by atoms with van der Waals surface area (Å²) < 4.78 is 0. The van der Waals surface area contributed by atoms with Crippen LogP contribution in [0.2, 0.25) is 0 Å². The summed E-state index contributed by atoms with van der Waals surface area (Å²) in [6.07, 6.45) is 25.2. The Morgan fingerprint density at radius 2 is 1.09 bits per heavy atom. The summed E-state index contributed by atoms with van der Waals surface area (Å²) in [7, 11) is 0. The summed E-state index contributed by atoms with van der Waals surface area (Å²) >= 11 is 0. The Kier molecular flexibility index (Phi) is 17.1. The molecule has 0 amide bonds. The fourth-order valence-corrected chi connectivity index (χ4v) is 2.40. The van der Waals surface area contributed by atoms with Crippen molar-refractivity contribution >= 4 is 5.97 Å². The van der Waals surface area contributed by atoms with Gasteiger partial charge < -0.3 is 5.11 Å². The third kappa shape index (κ3) is 18.9. The first-order valence-corrected chi connectivity index (χ1v) is 9.29. The van der Waals surface area contributed by atoms with Gasteiger partial charge in [0.25, 0.3) is 0 Å². The molecule has 0 aromatic heterocycles. The van der Waals surface area contributed by atoms with Crippen LogP contribution in [0.1, 0.15) is 96.8 Å². The lowest BCUT2D eigenvalue weighted by Crippen LogP contribution is -1.93. The minimum atomic E-state index is -0.675. The van der Waals surface area contributed by atoms with Crippen molar-refractivity contribution in [3.05, 3.63) is 24.3 Å². The van der Waals surface area contributed by atoms with Crippen LogP contribution in [-0.4, -0.2) is 11.1 Å². The van der Waals surface area contributed by atoms with Gasteiger partial charge in [0.05, 0.1) is 0 Å². The van der Waals surface area contributed by atoms with Crippen LogP contribution in [0.4, 0.5) is 0 Å². The number of rotatable bonds is 16. The molecule has 1 N–H and O–H groups in total. The molecule has 2 heteroatoms. The lowest BCUT2D eigenvalue weighted by Gasteiger charge is -1.96. The van der Waals surface area contributed by atoms with Crippen molar-refractivity contribution in [2.45, 2.75) is 96.8 Å². The molecule has 0 saturated heterocycles. The smallest absolute Gasteiger partial charge is 0.303 e. The Morgan fingerprint density at radius 1 is 0.682 bits per heavy atom. The maximum Gasteiger partial charge on any atom is 0.303 e. The van der Waals surface area contributed by atoms with Crippen LogP contribution in [-0.2, 0) is 4.79 Å². The Labute approximate surface area is 137 Å². The Bertz CT molecular complexity index is 292. The van der Waals surface area contributed by atoms with Crippen molar-refractivity contribution in [1.29, 1.82) is 0 Å². The highest BCUT2D eigenvalue weighted by molar-refractivity contribution is 5.66. The van der Waals surface area contributed by atoms with Gasteiger partial charge in [-0.2, -0.15) is 0 Å². The molecule has 22 heavy (non-hydrogen) atoms. The van der Waals surface area contributed by atoms with E-state index in [1.54, 1.807) is 0 Å². The summed E-state index contributed by atoms with van der Waals surface area (Å²) in [6, 6.07) is 0. The van der Waals surface area contributed by atoms with Crippen molar-refractivity contribution in [2.75, 3.05) is 0 Å². The number of hydrogen-bond donors (Lipinski definition) is 1. The SMILES string of the molecule is CCCCCC/C=C/CCCC/C=C/CCCCCC(=O)O. The summed E-state index contributed by atoms with van der Waals surface area (Å²) in [5.41, 5.74) is 0. The van der Waals surface area contributed by atoms with E-state index in [0.29, 0.717) is 6.42 Å². The van der Waals surface area contributed by atoms with Crippen molar-refractivity contribution in [2.24, 2.45) is 0 Å². The molecule has 0 fully saturated rings. The van der Waals surface area contributed by atoms with E-state index in [4.69, 9.17) is 5.11 Å². The molecule has 0 aliphatic carbocycles. The highest BCUT2D eigenvalue weighted by atomic mass is 16.4. The lowest BCUT2D eigenvalue weighted by molar-refractivity contribution is -0.137. The number of unbranched alkanes of at least 4 members (excludes halogenated alkanes) is 10. The third-order valence-electron chi connectivity index (χ3n) is 3.81. The Balaban J connectivity index is 3.17. The molecule has 128 valence electrons. The van der Waals surface area contributed by atoms with E-state index in [9.17, 15) is 4.79 Å². The van der Waals surface area contributed by atoms with Gasteiger partial charge in [-0.05, 0) is 57.8 Å². The van der Waals surface area contributed by atoms with Crippen molar-refractivity contribution in [3.63, 3.8) is 0 Å². The molecule has 0 aromatic carbocycles. The maximum atomic E-state index is 10.3. The van der Waals surface area contributed by atoms with Crippen LogP contribution in [0, 0.1) is 0 Å². The molecule has 0 bridgehead atoms. The molecular formula is C20H36O2. The minimum Gasteiger partial charge on any atom is -0.481 e. The monoisotopic (exact) mass is 308 g/mol. The quantitative estimate of drug-likeness (QED) is 0.255. The molecule has 2 nitrogen and oxygen atoms in total. The molecule has 0 saturated carbocycles.